The van der Waals surface area contributed by atoms with Crippen LogP contribution in [0.4, 0.5) is 0 Å². The summed E-state index contributed by atoms with van der Waals surface area (Å²) in [5, 5.41) is 0.640. The molecule has 28 heavy (non-hydrogen) atoms. The quantitative estimate of drug-likeness (QED) is 0.617. The first-order valence-electron chi connectivity index (χ1n) is 9.09. The molecule has 0 bridgehead atoms. The van der Waals surface area contributed by atoms with Gasteiger partial charge in [0.2, 0.25) is 10.0 Å². The van der Waals surface area contributed by atoms with Crippen LogP contribution in [0, 0.1) is 0 Å². The molecule has 8 heteroatoms. The summed E-state index contributed by atoms with van der Waals surface area (Å²) < 4.78 is 32.8. The SMILES string of the molecule is O=C(OCc1cccc(Cl)c1)c1ccc(Cl)c(S(=O)(=O)N2CCCCCC2)c1. The Morgan fingerprint density at radius 2 is 1.71 bits per heavy atom. The molecule has 1 heterocycles. The summed E-state index contributed by atoms with van der Waals surface area (Å²) in [6.45, 7) is 0.959. The fraction of sp³-hybridized carbons (Fsp3) is 0.350. The molecule has 3 rings (SSSR count). The van der Waals surface area contributed by atoms with Crippen molar-refractivity contribution in [1.29, 1.82) is 0 Å². The van der Waals surface area contributed by atoms with Crippen molar-refractivity contribution in [3.8, 4) is 0 Å². The number of rotatable bonds is 5. The minimum Gasteiger partial charge on any atom is -0.457 e. The molecule has 0 N–H and O–H groups in total. The maximum absolute atomic E-state index is 13.0. The first-order valence-corrected chi connectivity index (χ1v) is 11.3. The van der Waals surface area contributed by atoms with E-state index in [0.717, 1.165) is 31.2 Å². The Bertz CT molecular complexity index is 954. The van der Waals surface area contributed by atoms with Crippen molar-refractivity contribution in [2.75, 3.05) is 13.1 Å². The topological polar surface area (TPSA) is 63.7 Å². The highest BCUT2D eigenvalue weighted by atomic mass is 35.5. The van der Waals surface area contributed by atoms with Gasteiger partial charge in [0, 0.05) is 18.1 Å². The number of nitrogens with zero attached hydrogens (tertiary/aromatic N) is 1. The lowest BCUT2D eigenvalue weighted by Gasteiger charge is -2.21. The van der Waals surface area contributed by atoms with Crippen molar-refractivity contribution < 1.29 is 17.9 Å². The van der Waals surface area contributed by atoms with Crippen LogP contribution in [0.1, 0.15) is 41.6 Å². The lowest BCUT2D eigenvalue weighted by molar-refractivity contribution is 0.0472. The highest BCUT2D eigenvalue weighted by Crippen LogP contribution is 2.28. The first kappa shape index (κ1) is 21.1. The van der Waals surface area contributed by atoms with Crippen molar-refractivity contribution in [1.82, 2.24) is 4.31 Å². The van der Waals surface area contributed by atoms with Crippen LogP contribution >= 0.6 is 23.2 Å². The van der Waals surface area contributed by atoms with Gasteiger partial charge in [-0.3, -0.25) is 0 Å². The van der Waals surface area contributed by atoms with Gasteiger partial charge in [-0.2, -0.15) is 4.31 Å². The van der Waals surface area contributed by atoms with Gasteiger partial charge >= 0.3 is 5.97 Å². The molecule has 150 valence electrons. The summed E-state index contributed by atoms with van der Waals surface area (Å²) >= 11 is 12.1. The van der Waals surface area contributed by atoms with Gasteiger partial charge in [-0.25, -0.2) is 13.2 Å². The fourth-order valence-corrected chi connectivity index (χ4v) is 5.34. The summed E-state index contributed by atoms with van der Waals surface area (Å²) in [5.74, 6) is -0.621. The summed E-state index contributed by atoms with van der Waals surface area (Å²) in [5.41, 5.74) is 0.882. The van der Waals surface area contributed by atoms with Crippen molar-refractivity contribution in [3.05, 3.63) is 63.6 Å². The second-order valence-corrected chi connectivity index (χ2v) is 9.42. The Morgan fingerprint density at radius 3 is 2.39 bits per heavy atom. The molecular weight excluding hydrogens is 421 g/mol. The van der Waals surface area contributed by atoms with E-state index in [1.54, 1.807) is 24.3 Å². The molecule has 0 spiro atoms. The molecule has 2 aromatic rings. The van der Waals surface area contributed by atoms with Crippen molar-refractivity contribution in [2.24, 2.45) is 0 Å². The number of sulfonamides is 1. The normalized spacial score (nSPS) is 15.8. The molecule has 0 aliphatic carbocycles. The monoisotopic (exact) mass is 441 g/mol. The molecule has 1 aliphatic heterocycles. The third-order valence-electron chi connectivity index (χ3n) is 4.61. The van der Waals surface area contributed by atoms with E-state index in [1.165, 1.54) is 22.5 Å². The Balaban J connectivity index is 1.79. The standard InChI is InChI=1S/C20H21Cl2NO4S/c21-17-7-5-6-15(12-17)14-27-20(24)16-8-9-18(22)19(13-16)28(25,26)23-10-3-1-2-4-11-23/h5-9,12-13H,1-4,10-11,14H2. The Hall–Kier alpha value is -1.60. The highest BCUT2D eigenvalue weighted by molar-refractivity contribution is 7.89. The van der Waals surface area contributed by atoms with E-state index in [2.05, 4.69) is 0 Å². The number of carbonyl (C=O) groups is 1. The van der Waals surface area contributed by atoms with Crippen LogP contribution in [0.15, 0.2) is 47.4 Å². The summed E-state index contributed by atoms with van der Waals surface area (Å²) in [4.78, 5) is 12.4. The van der Waals surface area contributed by atoms with Gasteiger partial charge < -0.3 is 4.74 Å². The largest absolute Gasteiger partial charge is 0.457 e. The zero-order chi connectivity index (χ0) is 20.1. The predicted molar refractivity (Wildman–Crippen MR) is 109 cm³/mol. The van der Waals surface area contributed by atoms with Crippen LogP contribution < -0.4 is 0 Å². The third kappa shape index (κ3) is 5.06. The summed E-state index contributed by atoms with van der Waals surface area (Å²) in [6, 6.07) is 11.2. The van der Waals surface area contributed by atoms with Crippen molar-refractivity contribution in [3.63, 3.8) is 0 Å². The van der Waals surface area contributed by atoms with E-state index in [9.17, 15) is 13.2 Å². The average molecular weight is 442 g/mol. The Morgan fingerprint density at radius 1 is 1.00 bits per heavy atom. The lowest BCUT2D eigenvalue weighted by atomic mass is 10.2. The van der Waals surface area contributed by atoms with Gasteiger partial charge in [0.05, 0.1) is 10.6 Å². The number of hydrogen-bond donors (Lipinski definition) is 0. The molecule has 1 aliphatic rings. The zero-order valence-electron chi connectivity index (χ0n) is 15.2. The second-order valence-electron chi connectivity index (χ2n) is 6.67. The maximum atomic E-state index is 13.0. The number of halogens is 2. The molecule has 1 fully saturated rings. The van der Waals surface area contributed by atoms with Gasteiger partial charge in [-0.15, -0.1) is 0 Å². The van der Waals surface area contributed by atoms with Crippen LogP contribution in [-0.4, -0.2) is 31.8 Å². The zero-order valence-corrected chi connectivity index (χ0v) is 17.6. The smallest absolute Gasteiger partial charge is 0.338 e. The van der Waals surface area contributed by atoms with E-state index in [1.807, 2.05) is 0 Å². The van der Waals surface area contributed by atoms with Gasteiger partial charge in [0.25, 0.3) is 0 Å². The molecule has 2 aromatic carbocycles. The van der Waals surface area contributed by atoms with Crippen LogP contribution in [0.5, 0.6) is 0 Å². The van der Waals surface area contributed by atoms with Gasteiger partial charge in [0.1, 0.15) is 11.5 Å². The summed E-state index contributed by atoms with van der Waals surface area (Å²) in [6.07, 6.45) is 3.65. The lowest BCUT2D eigenvalue weighted by Crippen LogP contribution is -2.32. The molecular formula is C20H21Cl2NO4S. The number of benzene rings is 2. The molecule has 0 atom stereocenters. The molecule has 5 nitrogen and oxygen atoms in total. The van der Waals surface area contributed by atoms with Crippen molar-refractivity contribution >= 4 is 39.2 Å². The van der Waals surface area contributed by atoms with Crippen LogP contribution in [0.25, 0.3) is 0 Å². The number of carbonyl (C=O) groups excluding carboxylic acids is 1. The van der Waals surface area contributed by atoms with Gasteiger partial charge in [-0.1, -0.05) is 48.2 Å². The highest BCUT2D eigenvalue weighted by Gasteiger charge is 2.28. The van der Waals surface area contributed by atoms with Crippen LogP contribution in [-0.2, 0) is 21.4 Å². The van der Waals surface area contributed by atoms with Crippen molar-refractivity contribution in [2.45, 2.75) is 37.2 Å². The van der Waals surface area contributed by atoms with Crippen LogP contribution in [0.3, 0.4) is 0 Å². The Labute approximate surface area is 175 Å². The third-order valence-corrected chi connectivity index (χ3v) is 7.22. The average Bonchev–Trinajstić information content (AvgIpc) is 2.96. The minimum atomic E-state index is -3.77. The van der Waals surface area contributed by atoms with E-state index >= 15 is 0 Å². The molecule has 0 amide bonds. The van der Waals surface area contributed by atoms with E-state index < -0.39 is 16.0 Å². The number of ether oxygens (including phenoxy) is 1. The molecule has 0 saturated carbocycles. The van der Waals surface area contributed by atoms with E-state index in [4.69, 9.17) is 27.9 Å². The minimum absolute atomic E-state index is 0.0379. The first-order chi connectivity index (χ1) is 13.4. The molecule has 0 aromatic heterocycles. The van der Waals surface area contributed by atoms with Gasteiger partial charge in [-0.05, 0) is 48.7 Å². The van der Waals surface area contributed by atoms with E-state index in [-0.39, 0.29) is 22.1 Å². The van der Waals surface area contributed by atoms with Gasteiger partial charge in [0.15, 0.2) is 0 Å². The Kier molecular flexibility index (Phi) is 6.99. The van der Waals surface area contributed by atoms with E-state index in [0.29, 0.717) is 18.1 Å². The second kappa shape index (κ2) is 9.27. The fourth-order valence-electron chi connectivity index (χ4n) is 3.11. The molecule has 0 unspecified atom stereocenters. The molecule has 0 radical (unpaired) electrons. The number of hydrogen-bond acceptors (Lipinski definition) is 4. The maximum Gasteiger partial charge on any atom is 0.338 e. The predicted octanol–water partition coefficient (Wildman–Crippen LogP) is 4.92. The summed E-state index contributed by atoms with van der Waals surface area (Å²) in [7, 11) is -3.77. The number of esters is 1. The molecule has 1 saturated heterocycles. The van der Waals surface area contributed by atoms with Crippen LogP contribution in [0.2, 0.25) is 10.0 Å².